The molecule has 0 N–H and O–H groups in total. The first-order valence-electron chi connectivity index (χ1n) is 4.46. The van der Waals surface area contributed by atoms with Gasteiger partial charge in [0.15, 0.2) is 0 Å². The fourth-order valence-electron chi connectivity index (χ4n) is 1.77. The smallest absolute Gasteiger partial charge is 0.145 e. The number of carbonyl (C=O) groups excluding carboxylic acids is 1. The lowest BCUT2D eigenvalue weighted by Gasteiger charge is -2.24. The average molecular weight is 183 g/mol. The molecule has 0 aromatic heterocycles. The fraction of sp³-hybridized carbons (Fsp3) is 0.167. The summed E-state index contributed by atoms with van der Waals surface area (Å²) < 4.78 is 0. The molecule has 0 aliphatic heterocycles. The zero-order valence-corrected chi connectivity index (χ0v) is 7.60. The van der Waals surface area contributed by atoms with Gasteiger partial charge in [-0.15, -0.1) is 0 Å². The first-order chi connectivity index (χ1) is 6.82. The zero-order chi connectivity index (χ0) is 10.0. The van der Waals surface area contributed by atoms with Crippen LogP contribution in [0.5, 0.6) is 0 Å². The van der Waals surface area contributed by atoms with Crippen molar-refractivity contribution in [3.05, 3.63) is 41.5 Å². The van der Waals surface area contributed by atoms with Crippen LogP contribution in [0.15, 0.2) is 30.3 Å². The lowest BCUT2D eigenvalue weighted by atomic mass is 9.75. The van der Waals surface area contributed by atoms with Crippen LogP contribution in [-0.4, -0.2) is 6.29 Å². The molecule has 1 aliphatic rings. The van der Waals surface area contributed by atoms with Crippen LogP contribution in [0.25, 0.3) is 6.08 Å². The van der Waals surface area contributed by atoms with Gasteiger partial charge in [0, 0.05) is 0 Å². The molecule has 2 rings (SSSR count). The maximum atomic E-state index is 11.0. The van der Waals surface area contributed by atoms with E-state index in [0.717, 1.165) is 17.4 Å². The summed E-state index contributed by atoms with van der Waals surface area (Å²) in [5, 5.41) is 9.07. The minimum absolute atomic E-state index is 0.476. The van der Waals surface area contributed by atoms with Gasteiger partial charge in [-0.25, -0.2) is 0 Å². The number of aldehydes is 1. The van der Waals surface area contributed by atoms with E-state index in [2.05, 4.69) is 6.07 Å². The molecule has 0 bridgehead atoms. The van der Waals surface area contributed by atoms with Gasteiger partial charge in [0.2, 0.25) is 0 Å². The maximum Gasteiger partial charge on any atom is 0.145 e. The molecular formula is C12H9NO. The summed E-state index contributed by atoms with van der Waals surface area (Å²) in [6.07, 6.45) is 5.05. The second kappa shape index (κ2) is 3.12. The maximum absolute atomic E-state index is 11.0. The summed E-state index contributed by atoms with van der Waals surface area (Å²) in [4.78, 5) is 11.0. The number of carbonyl (C=O) groups is 1. The number of benzene rings is 1. The van der Waals surface area contributed by atoms with Gasteiger partial charge in [0.1, 0.15) is 11.7 Å². The first-order valence-corrected chi connectivity index (χ1v) is 4.46. The van der Waals surface area contributed by atoms with Crippen LogP contribution in [0.2, 0.25) is 0 Å². The Morgan fingerprint density at radius 1 is 1.43 bits per heavy atom. The highest BCUT2D eigenvalue weighted by Gasteiger charge is 2.34. The summed E-state index contributed by atoms with van der Waals surface area (Å²) in [5.41, 5.74) is 0.818. The van der Waals surface area contributed by atoms with Crippen molar-refractivity contribution in [1.82, 2.24) is 0 Å². The van der Waals surface area contributed by atoms with E-state index in [9.17, 15) is 4.79 Å². The van der Waals surface area contributed by atoms with Crippen molar-refractivity contribution in [3.63, 3.8) is 0 Å². The SMILES string of the molecule is N#CC1(C=O)CC=Cc2ccccc21. The van der Waals surface area contributed by atoms with Crippen LogP contribution >= 0.6 is 0 Å². The summed E-state index contributed by atoms with van der Waals surface area (Å²) in [5.74, 6) is 0. The Labute approximate surface area is 82.5 Å². The normalized spacial score (nSPS) is 23.6. The average Bonchev–Trinajstić information content (AvgIpc) is 2.28. The monoisotopic (exact) mass is 183 g/mol. The van der Waals surface area contributed by atoms with E-state index in [-0.39, 0.29) is 0 Å². The van der Waals surface area contributed by atoms with Crippen molar-refractivity contribution in [1.29, 1.82) is 5.26 Å². The Balaban J connectivity index is 2.67. The van der Waals surface area contributed by atoms with Crippen LogP contribution in [0.4, 0.5) is 0 Å². The highest BCUT2D eigenvalue weighted by atomic mass is 16.1. The molecule has 1 aromatic carbocycles. The van der Waals surface area contributed by atoms with Crippen molar-refractivity contribution in [2.24, 2.45) is 0 Å². The third kappa shape index (κ3) is 1.06. The number of hydrogen-bond acceptors (Lipinski definition) is 2. The van der Waals surface area contributed by atoms with Crippen LogP contribution in [0.1, 0.15) is 17.5 Å². The molecule has 14 heavy (non-hydrogen) atoms. The van der Waals surface area contributed by atoms with Gasteiger partial charge in [-0.1, -0.05) is 36.4 Å². The highest BCUT2D eigenvalue weighted by molar-refractivity contribution is 5.79. The molecule has 1 aliphatic carbocycles. The third-order valence-corrected chi connectivity index (χ3v) is 2.58. The zero-order valence-electron chi connectivity index (χ0n) is 7.60. The second-order valence-electron chi connectivity index (χ2n) is 3.39. The topological polar surface area (TPSA) is 40.9 Å². The predicted molar refractivity (Wildman–Crippen MR) is 53.4 cm³/mol. The molecule has 0 amide bonds. The Bertz CT molecular complexity index is 442. The van der Waals surface area contributed by atoms with Gasteiger partial charge in [-0.2, -0.15) is 5.26 Å². The molecule has 0 fully saturated rings. The van der Waals surface area contributed by atoms with Gasteiger partial charge in [0.25, 0.3) is 0 Å². The second-order valence-corrected chi connectivity index (χ2v) is 3.39. The molecule has 0 heterocycles. The van der Waals surface area contributed by atoms with E-state index in [1.807, 2.05) is 36.4 Å². The summed E-state index contributed by atoms with van der Waals surface area (Å²) in [6, 6.07) is 9.62. The molecule has 0 radical (unpaired) electrons. The van der Waals surface area contributed by atoms with Gasteiger partial charge < -0.3 is 4.79 Å². The van der Waals surface area contributed by atoms with Crippen molar-refractivity contribution < 1.29 is 4.79 Å². The quantitative estimate of drug-likeness (QED) is 0.625. The van der Waals surface area contributed by atoms with Crippen LogP contribution < -0.4 is 0 Å². The number of allylic oxidation sites excluding steroid dienone is 1. The summed E-state index contributed by atoms with van der Waals surface area (Å²) in [6.45, 7) is 0. The lowest BCUT2D eigenvalue weighted by molar-refractivity contribution is -0.110. The standard InChI is InChI=1S/C12H9NO/c13-8-12(9-14)7-3-5-10-4-1-2-6-11(10)12/h1-6,9H,7H2. The molecule has 0 spiro atoms. The minimum atomic E-state index is -0.967. The molecular weight excluding hydrogens is 174 g/mol. The summed E-state index contributed by atoms with van der Waals surface area (Å²) in [7, 11) is 0. The molecule has 68 valence electrons. The van der Waals surface area contributed by atoms with E-state index >= 15 is 0 Å². The van der Waals surface area contributed by atoms with Crippen LogP contribution in [-0.2, 0) is 10.2 Å². The number of hydrogen-bond donors (Lipinski definition) is 0. The predicted octanol–water partition coefficient (Wildman–Crippen LogP) is 2.06. The molecule has 0 saturated heterocycles. The highest BCUT2D eigenvalue weighted by Crippen LogP contribution is 2.33. The summed E-state index contributed by atoms with van der Waals surface area (Å²) >= 11 is 0. The van der Waals surface area contributed by atoms with Gasteiger partial charge in [0.05, 0.1) is 6.07 Å². The minimum Gasteiger partial charge on any atom is -0.301 e. The first kappa shape index (κ1) is 8.71. The lowest BCUT2D eigenvalue weighted by Crippen LogP contribution is -2.27. The Hall–Kier alpha value is -1.88. The fourth-order valence-corrected chi connectivity index (χ4v) is 1.77. The van der Waals surface area contributed by atoms with E-state index in [1.165, 1.54) is 0 Å². The van der Waals surface area contributed by atoms with E-state index in [0.29, 0.717) is 6.42 Å². The molecule has 2 heteroatoms. The van der Waals surface area contributed by atoms with Gasteiger partial charge >= 0.3 is 0 Å². The van der Waals surface area contributed by atoms with E-state index in [1.54, 1.807) is 0 Å². The Morgan fingerprint density at radius 3 is 2.93 bits per heavy atom. The largest absolute Gasteiger partial charge is 0.301 e. The number of fused-ring (bicyclic) bond motifs is 1. The van der Waals surface area contributed by atoms with Crippen molar-refractivity contribution in [2.75, 3.05) is 0 Å². The van der Waals surface area contributed by atoms with Crippen molar-refractivity contribution in [3.8, 4) is 6.07 Å². The number of nitrogens with zero attached hydrogens (tertiary/aromatic N) is 1. The number of rotatable bonds is 1. The molecule has 1 atom stereocenters. The molecule has 1 unspecified atom stereocenters. The van der Waals surface area contributed by atoms with Gasteiger partial charge in [-0.05, 0) is 17.5 Å². The van der Waals surface area contributed by atoms with Crippen LogP contribution in [0, 0.1) is 11.3 Å². The van der Waals surface area contributed by atoms with Crippen molar-refractivity contribution in [2.45, 2.75) is 11.8 Å². The third-order valence-electron chi connectivity index (χ3n) is 2.58. The van der Waals surface area contributed by atoms with E-state index in [4.69, 9.17) is 5.26 Å². The van der Waals surface area contributed by atoms with Gasteiger partial charge in [-0.3, -0.25) is 0 Å². The number of nitriles is 1. The Kier molecular flexibility index (Phi) is 1.94. The van der Waals surface area contributed by atoms with Crippen molar-refractivity contribution >= 4 is 12.4 Å². The molecule has 1 aromatic rings. The Morgan fingerprint density at radius 2 is 2.21 bits per heavy atom. The molecule has 0 saturated carbocycles. The molecule has 2 nitrogen and oxygen atoms in total. The van der Waals surface area contributed by atoms with Crippen LogP contribution in [0.3, 0.4) is 0 Å². The van der Waals surface area contributed by atoms with E-state index < -0.39 is 5.41 Å².